The summed E-state index contributed by atoms with van der Waals surface area (Å²) < 4.78 is 11.4. The number of nitrogens with two attached hydrogens (primary N) is 1. The molecule has 3 N–H and O–H groups in total. The van der Waals surface area contributed by atoms with Gasteiger partial charge in [-0.05, 0) is 52.7 Å². The normalized spacial score (nSPS) is 10.8. The minimum Gasteiger partial charge on any atom is -0.493 e. The van der Waals surface area contributed by atoms with E-state index in [1.54, 1.807) is 14.2 Å². The van der Waals surface area contributed by atoms with Crippen LogP contribution >= 0.6 is 39.9 Å². The van der Waals surface area contributed by atoms with Crippen molar-refractivity contribution in [3.05, 3.63) is 52.0 Å². The SMILES string of the molecule is COc1cc(CN=C(N)Nc2ccc(C)cc2)cc(Br)c1OC.I. The van der Waals surface area contributed by atoms with Crippen LogP contribution in [0.15, 0.2) is 45.9 Å². The number of guanidine groups is 1. The number of halogens is 2. The number of aryl methyl sites for hydroxylation is 1. The smallest absolute Gasteiger partial charge is 0.193 e. The molecule has 0 aromatic heterocycles. The summed E-state index contributed by atoms with van der Waals surface area (Å²) in [6.07, 6.45) is 0. The average molecular weight is 506 g/mol. The van der Waals surface area contributed by atoms with Crippen molar-refractivity contribution < 1.29 is 9.47 Å². The molecule has 2 aromatic carbocycles. The maximum absolute atomic E-state index is 5.93. The van der Waals surface area contributed by atoms with Crippen molar-refractivity contribution in [2.75, 3.05) is 19.5 Å². The summed E-state index contributed by atoms with van der Waals surface area (Å²) in [4.78, 5) is 4.35. The van der Waals surface area contributed by atoms with Gasteiger partial charge in [0, 0.05) is 5.69 Å². The van der Waals surface area contributed by atoms with Gasteiger partial charge in [-0.15, -0.1) is 24.0 Å². The van der Waals surface area contributed by atoms with E-state index < -0.39 is 0 Å². The fourth-order valence-corrected chi connectivity index (χ4v) is 2.71. The standard InChI is InChI=1S/C17H20BrN3O2.HI/c1-11-4-6-13(7-5-11)21-17(19)20-10-12-8-14(18)16(23-3)15(9-12)22-2;/h4-9H,10H2,1-3H3,(H3,19,20,21);1H. The third kappa shape index (κ3) is 5.55. The topological polar surface area (TPSA) is 68.9 Å². The Kier molecular flexibility index (Phi) is 8.34. The predicted octanol–water partition coefficient (Wildman–Crippen LogP) is 4.32. The molecule has 5 nitrogen and oxygen atoms in total. The van der Waals surface area contributed by atoms with Crippen LogP contribution < -0.4 is 20.5 Å². The molecule has 0 radical (unpaired) electrons. The lowest BCUT2D eigenvalue weighted by molar-refractivity contribution is 0.352. The molecule has 2 rings (SSSR count). The van der Waals surface area contributed by atoms with Crippen LogP contribution in [0.5, 0.6) is 11.5 Å². The number of aliphatic imine (C=N–C) groups is 1. The summed E-state index contributed by atoms with van der Waals surface area (Å²) in [5.41, 5.74) is 8.99. The van der Waals surface area contributed by atoms with Gasteiger partial charge in [0.05, 0.1) is 25.2 Å². The van der Waals surface area contributed by atoms with Gasteiger partial charge in [-0.2, -0.15) is 0 Å². The van der Waals surface area contributed by atoms with Crippen molar-refractivity contribution >= 4 is 51.6 Å². The van der Waals surface area contributed by atoms with Gasteiger partial charge < -0.3 is 20.5 Å². The van der Waals surface area contributed by atoms with E-state index >= 15 is 0 Å². The van der Waals surface area contributed by atoms with E-state index in [9.17, 15) is 0 Å². The van der Waals surface area contributed by atoms with Crippen molar-refractivity contribution in [3.63, 3.8) is 0 Å². The highest BCUT2D eigenvalue weighted by atomic mass is 127. The molecule has 0 aliphatic carbocycles. The van der Waals surface area contributed by atoms with Gasteiger partial charge in [0.25, 0.3) is 0 Å². The number of anilines is 1. The van der Waals surface area contributed by atoms with E-state index in [2.05, 4.69) is 26.2 Å². The Bertz CT molecular complexity index is 706. The summed E-state index contributed by atoms with van der Waals surface area (Å²) in [6, 6.07) is 11.8. The summed E-state index contributed by atoms with van der Waals surface area (Å²) in [6.45, 7) is 2.47. The molecule has 0 aliphatic heterocycles. The van der Waals surface area contributed by atoms with Crippen molar-refractivity contribution in [3.8, 4) is 11.5 Å². The van der Waals surface area contributed by atoms with E-state index in [1.807, 2.05) is 43.3 Å². The third-order valence-corrected chi connectivity index (χ3v) is 3.84. The second kappa shape index (κ2) is 9.73. The Labute approximate surface area is 167 Å². The first-order valence-electron chi connectivity index (χ1n) is 7.07. The van der Waals surface area contributed by atoms with Gasteiger partial charge in [-0.3, -0.25) is 0 Å². The molecule has 130 valence electrons. The van der Waals surface area contributed by atoms with Gasteiger partial charge in [0.1, 0.15) is 0 Å². The second-order valence-electron chi connectivity index (χ2n) is 5.01. The molecule has 0 aliphatic rings. The molecule has 0 saturated heterocycles. The van der Waals surface area contributed by atoms with Crippen LogP contribution in [-0.2, 0) is 6.54 Å². The van der Waals surface area contributed by atoms with Crippen LogP contribution in [0.3, 0.4) is 0 Å². The maximum atomic E-state index is 5.93. The molecule has 0 amide bonds. The van der Waals surface area contributed by atoms with Crippen LogP contribution in [0.2, 0.25) is 0 Å². The molecule has 24 heavy (non-hydrogen) atoms. The first-order valence-corrected chi connectivity index (χ1v) is 7.86. The van der Waals surface area contributed by atoms with Gasteiger partial charge in [-0.1, -0.05) is 17.7 Å². The lowest BCUT2D eigenvalue weighted by Crippen LogP contribution is -2.22. The molecule has 0 fully saturated rings. The van der Waals surface area contributed by atoms with Gasteiger partial charge in [0.15, 0.2) is 17.5 Å². The highest BCUT2D eigenvalue weighted by Gasteiger charge is 2.10. The number of hydrogen-bond donors (Lipinski definition) is 2. The van der Waals surface area contributed by atoms with Gasteiger partial charge in [0.2, 0.25) is 0 Å². The average Bonchev–Trinajstić information content (AvgIpc) is 2.54. The first-order chi connectivity index (χ1) is 11.0. The van der Waals surface area contributed by atoms with E-state index in [1.165, 1.54) is 5.56 Å². The maximum Gasteiger partial charge on any atom is 0.193 e. The second-order valence-corrected chi connectivity index (χ2v) is 5.86. The zero-order chi connectivity index (χ0) is 16.8. The van der Waals surface area contributed by atoms with Gasteiger partial charge in [-0.25, -0.2) is 4.99 Å². The zero-order valence-electron chi connectivity index (χ0n) is 13.8. The monoisotopic (exact) mass is 505 g/mol. The highest BCUT2D eigenvalue weighted by Crippen LogP contribution is 2.36. The van der Waals surface area contributed by atoms with Crippen molar-refractivity contribution in [1.29, 1.82) is 0 Å². The number of nitrogens with zero attached hydrogens (tertiary/aromatic N) is 1. The Hall–Kier alpha value is -1.48. The van der Waals surface area contributed by atoms with Gasteiger partial charge >= 0.3 is 0 Å². The van der Waals surface area contributed by atoms with Crippen LogP contribution in [0.4, 0.5) is 5.69 Å². The fraction of sp³-hybridized carbons (Fsp3) is 0.235. The van der Waals surface area contributed by atoms with Crippen LogP contribution in [0.25, 0.3) is 0 Å². The molecular formula is C17H21BrIN3O2. The van der Waals surface area contributed by atoms with E-state index in [0.29, 0.717) is 24.0 Å². The van der Waals surface area contributed by atoms with Crippen LogP contribution in [0, 0.1) is 6.92 Å². The van der Waals surface area contributed by atoms with E-state index in [-0.39, 0.29) is 24.0 Å². The van der Waals surface area contributed by atoms with Crippen LogP contribution in [0.1, 0.15) is 11.1 Å². The Morgan fingerprint density at radius 3 is 2.42 bits per heavy atom. The quantitative estimate of drug-likeness (QED) is 0.360. The molecule has 2 aromatic rings. The fourth-order valence-electron chi connectivity index (χ4n) is 2.06. The number of methoxy groups -OCH3 is 2. The molecule has 0 unspecified atom stereocenters. The van der Waals surface area contributed by atoms with Crippen LogP contribution in [-0.4, -0.2) is 20.2 Å². The largest absolute Gasteiger partial charge is 0.493 e. The lowest BCUT2D eigenvalue weighted by Gasteiger charge is -2.11. The predicted molar refractivity (Wildman–Crippen MR) is 113 cm³/mol. The zero-order valence-corrected chi connectivity index (χ0v) is 17.7. The summed E-state index contributed by atoms with van der Waals surface area (Å²) in [7, 11) is 3.20. The van der Waals surface area contributed by atoms with Crippen molar-refractivity contribution in [2.24, 2.45) is 10.7 Å². The number of nitrogens with one attached hydrogen (secondary N) is 1. The molecule has 0 saturated carbocycles. The van der Waals surface area contributed by atoms with E-state index in [0.717, 1.165) is 15.7 Å². The molecular weight excluding hydrogens is 485 g/mol. The van der Waals surface area contributed by atoms with Crippen molar-refractivity contribution in [1.82, 2.24) is 0 Å². The minimum absolute atomic E-state index is 0. The van der Waals surface area contributed by atoms with E-state index in [4.69, 9.17) is 15.2 Å². The number of hydrogen-bond acceptors (Lipinski definition) is 3. The molecule has 0 atom stereocenters. The minimum atomic E-state index is 0. The Balaban J connectivity index is 0.00000288. The summed E-state index contributed by atoms with van der Waals surface area (Å²) in [5, 5.41) is 3.07. The molecule has 0 heterocycles. The highest BCUT2D eigenvalue weighted by molar-refractivity contribution is 14.0. The number of rotatable bonds is 5. The number of ether oxygens (including phenoxy) is 2. The lowest BCUT2D eigenvalue weighted by atomic mass is 10.2. The summed E-state index contributed by atoms with van der Waals surface area (Å²) >= 11 is 3.47. The molecule has 0 spiro atoms. The first kappa shape index (κ1) is 20.6. The molecule has 7 heteroatoms. The van der Waals surface area contributed by atoms with Crippen molar-refractivity contribution in [2.45, 2.75) is 13.5 Å². The third-order valence-electron chi connectivity index (χ3n) is 3.25. The summed E-state index contributed by atoms with van der Waals surface area (Å²) in [5.74, 6) is 1.67. The molecule has 0 bridgehead atoms. The Morgan fingerprint density at radius 2 is 1.83 bits per heavy atom. The number of benzene rings is 2. The Morgan fingerprint density at radius 1 is 1.17 bits per heavy atom.